The van der Waals surface area contributed by atoms with Crippen molar-refractivity contribution in [3.63, 3.8) is 0 Å². The van der Waals surface area contributed by atoms with Crippen LogP contribution in [0.4, 0.5) is 5.69 Å². The van der Waals surface area contributed by atoms with Crippen molar-refractivity contribution < 1.29 is 14.3 Å². The SMILES string of the molecule is O=C(/C=C/c1ccccc1)NC(=S)Nc1ccccc1C(=O)NCC1CCCO1. The second-order valence-electron chi connectivity index (χ2n) is 6.58. The Morgan fingerprint density at radius 3 is 2.62 bits per heavy atom. The number of para-hydroxylation sites is 1. The minimum absolute atomic E-state index is 0.0656. The van der Waals surface area contributed by atoms with Gasteiger partial charge >= 0.3 is 0 Å². The summed E-state index contributed by atoms with van der Waals surface area (Å²) < 4.78 is 5.53. The van der Waals surface area contributed by atoms with Gasteiger partial charge in [-0.3, -0.25) is 14.9 Å². The van der Waals surface area contributed by atoms with E-state index in [1.807, 2.05) is 30.3 Å². The van der Waals surface area contributed by atoms with E-state index in [4.69, 9.17) is 17.0 Å². The zero-order valence-corrected chi connectivity index (χ0v) is 16.7. The lowest BCUT2D eigenvalue weighted by molar-refractivity contribution is -0.115. The first-order chi connectivity index (χ1) is 14.1. The number of hydrogen-bond donors (Lipinski definition) is 3. The van der Waals surface area contributed by atoms with Gasteiger partial charge in [0.15, 0.2) is 5.11 Å². The van der Waals surface area contributed by atoms with Crippen molar-refractivity contribution in [3.05, 3.63) is 71.8 Å². The van der Waals surface area contributed by atoms with E-state index in [0.29, 0.717) is 17.8 Å². The molecule has 1 fully saturated rings. The Morgan fingerprint density at radius 1 is 1.10 bits per heavy atom. The van der Waals surface area contributed by atoms with E-state index >= 15 is 0 Å². The van der Waals surface area contributed by atoms with Crippen LogP contribution in [-0.4, -0.2) is 36.2 Å². The van der Waals surface area contributed by atoms with E-state index in [0.717, 1.165) is 25.0 Å². The van der Waals surface area contributed by atoms with Crippen LogP contribution < -0.4 is 16.0 Å². The lowest BCUT2D eigenvalue weighted by atomic mass is 10.1. The Labute approximate surface area is 175 Å². The van der Waals surface area contributed by atoms with Gasteiger partial charge < -0.3 is 15.4 Å². The van der Waals surface area contributed by atoms with Crippen LogP contribution in [0.3, 0.4) is 0 Å². The number of carbonyl (C=O) groups excluding carboxylic acids is 2. The predicted octanol–water partition coefficient (Wildman–Crippen LogP) is 3.12. The molecule has 29 heavy (non-hydrogen) atoms. The number of amides is 2. The molecule has 3 N–H and O–H groups in total. The summed E-state index contributed by atoms with van der Waals surface area (Å²) in [6, 6.07) is 16.5. The summed E-state index contributed by atoms with van der Waals surface area (Å²) in [6.07, 6.45) is 5.14. The molecule has 0 aliphatic carbocycles. The minimum Gasteiger partial charge on any atom is -0.376 e. The van der Waals surface area contributed by atoms with Crippen LogP contribution in [0.25, 0.3) is 6.08 Å². The number of ether oxygens (including phenoxy) is 1. The molecular weight excluding hydrogens is 386 g/mol. The molecule has 6 nitrogen and oxygen atoms in total. The van der Waals surface area contributed by atoms with Crippen LogP contribution >= 0.6 is 12.2 Å². The van der Waals surface area contributed by atoms with Crippen molar-refractivity contribution in [2.45, 2.75) is 18.9 Å². The van der Waals surface area contributed by atoms with Gasteiger partial charge in [0.25, 0.3) is 5.91 Å². The molecule has 0 spiro atoms. The van der Waals surface area contributed by atoms with Gasteiger partial charge in [-0.05, 0) is 48.8 Å². The molecule has 0 radical (unpaired) electrons. The fraction of sp³-hybridized carbons (Fsp3) is 0.227. The van der Waals surface area contributed by atoms with E-state index in [2.05, 4.69) is 16.0 Å². The molecule has 1 aliphatic heterocycles. The molecule has 0 aromatic heterocycles. The van der Waals surface area contributed by atoms with Gasteiger partial charge in [-0.25, -0.2) is 0 Å². The highest BCUT2D eigenvalue weighted by Crippen LogP contribution is 2.16. The molecule has 1 heterocycles. The first-order valence-corrected chi connectivity index (χ1v) is 9.86. The average Bonchev–Trinajstić information content (AvgIpc) is 3.25. The second-order valence-corrected chi connectivity index (χ2v) is 6.99. The number of rotatable bonds is 6. The normalized spacial score (nSPS) is 15.8. The number of thiocarbonyl (C=S) groups is 1. The van der Waals surface area contributed by atoms with Gasteiger partial charge in [0, 0.05) is 19.2 Å². The Kier molecular flexibility index (Phi) is 7.49. The van der Waals surface area contributed by atoms with E-state index in [-0.39, 0.29) is 23.0 Å². The zero-order chi connectivity index (χ0) is 20.5. The van der Waals surface area contributed by atoms with Crippen LogP contribution in [0.1, 0.15) is 28.8 Å². The summed E-state index contributed by atoms with van der Waals surface area (Å²) >= 11 is 5.21. The van der Waals surface area contributed by atoms with E-state index in [9.17, 15) is 9.59 Å². The summed E-state index contributed by atoms with van der Waals surface area (Å²) in [4.78, 5) is 24.6. The highest BCUT2D eigenvalue weighted by Gasteiger charge is 2.18. The molecule has 1 unspecified atom stereocenters. The van der Waals surface area contributed by atoms with Crippen molar-refractivity contribution in [2.75, 3.05) is 18.5 Å². The molecule has 1 saturated heterocycles. The quantitative estimate of drug-likeness (QED) is 0.505. The first-order valence-electron chi connectivity index (χ1n) is 9.46. The summed E-state index contributed by atoms with van der Waals surface area (Å²) in [7, 11) is 0. The number of benzene rings is 2. The Morgan fingerprint density at radius 2 is 1.86 bits per heavy atom. The van der Waals surface area contributed by atoms with E-state index < -0.39 is 0 Å². The van der Waals surface area contributed by atoms with Gasteiger partial charge in [0.2, 0.25) is 5.91 Å². The monoisotopic (exact) mass is 409 g/mol. The summed E-state index contributed by atoms with van der Waals surface area (Å²) in [6.45, 7) is 1.21. The van der Waals surface area contributed by atoms with Crippen LogP contribution in [0.15, 0.2) is 60.7 Å². The van der Waals surface area contributed by atoms with Crippen LogP contribution in [0.2, 0.25) is 0 Å². The molecule has 3 rings (SSSR count). The van der Waals surface area contributed by atoms with E-state index in [1.54, 1.807) is 30.3 Å². The average molecular weight is 410 g/mol. The lowest BCUT2D eigenvalue weighted by Gasteiger charge is -2.14. The first kappa shape index (κ1) is 20.7. The number of nitrogens with one attached hydrogen (secondary N) is 3. The van der Waals surface area contributed by atoms with Crippen molar-refractivity contribution in [1.82, 2.24) is 10.6 Å². The molecule has 0 bridgehead atoms. The third-order valence-electron chi connectivity index (χ3n) is 4.40. The second kappa shape index (κ2) is 10.5. The molecular formula is C22H23N3O3S. The third-order valence-corrected chi connectivity index (χ3v) is 4.60. The molecule has 2 amide bonds. The molecule has 150 valence electrons. The zero-order valence-electron chi connectivity index (χ0n) is 15.9. The molecule has 2 aromatic carbocycles. The largest absolute Gasteiger partial charge is 0.376 e. The van der Waals surface area contributed by atoms with Gasteiger partial charge in [-0.2, -0.15) is 0 Å². The van der Waals surface area contributed by atoms with Gasteiger partial charge in [-0.15, -0.1) is 0 Å². The van der Waals surface area contributed by atoms with Gasteiger partial charge in [0.05, 0.1) is 17.4 Å². The molecule has 1 aliphatic rings. The smallest absolute Gasteiger partial charge is 0.253 e. The standard InChI is InChI=1S/C22H23N3O3S/c26-20(13-12-16-7-2-1-3-8-16)25-22(29)24-19-11-5-4-10-18(19)21(27)23-15-17-9-6-14-28-17/h1-5,7-8,10-13,17H,6,9,14-15H2,(H,23,27)(H2,24,25,26,29)/b13-12+. The van der Waals surface area contributed by atoms with Crippen LogP contribution in [0, 0.1) is 0 Å². The maximum Gasteiger partial charge on any atom is 0.253 e. The van der Waals surface area contributed by atoms with Gasteiger partial charge in [-0.1, -0.05) is 42.5 Å². The Hall–Kier alpha value is -3.03. The fourth-order valence-corrected chi connectivity index (χ4v) is 3.15. The minimum atomic E-state index is -0.355. The van der Waals surface area contributed by atoms with Crippen molar-refractivity contribution >= 4 is 40.9 Å². The van der Waals surface area contributed by atoms with Crippen molar-refractivity contribution in [2.24, 2.45) is 0 Å². The van der Waals surface area contributed by atoms with Crippen LogP contribution in [-0.2, 0) is 9.53 Å². The Bertz CT molecular complexity index is 893. The topological polar surface area (TPSA) is 79.5 Å². The molecule has 7 heteroatoms. The maximum absolute atomic E-state index is 12.5. The highest BCUT2D eigenvalue weighted by atomic mass is 32.1. The number of anilines is 1. The fourth-order valence-electron chi connectivity index (χ4n) is 2.94. The maximum atomic E-state index is 12.5. The van der Waals surface area contributed by atoms with Crippen molar-refractivity contribution in [1.29, 1.82) is 0 Å². The van der Waals surface area contributed by atoms with Crippen LogP contribution in [0.5, 0.6) is 0 Å². The highest BCUT2D eigenvalue weighted by molar-refractivity contribution is 7.80. The summed E-state index contributed by atoms with van der Waals surface area (Å²) in [5, 5.41) is 8.51. The van der Waals surface area contributed by atoms with E-state index in [1.165, 1.54) is 6.08 Å². The summed E-state index contributed by atoms with van der Waals surface area (Å²) in [5.74, 6) is -0.576. The molecule has 2 aromatic rings. The summed E-state index contributed by atoms with van der Waals surface area (Å²) in [5.41, 5.74) is 1.88. The molecule has 1 atom stereocenters. The third kappa shape index (κ3) is 6.51. The number of hydrogen-bond acceptors (Lipinski definition) is 4. The lowest BCUT2D eigenvalue weighted by Crippen LogP contribution is -2.35. The number of carbonyl (C=O) groups is 2. The van der Waals surface area contributed by atoms with Gasteiger partial charge in [0.1, 0.15) is 0 Å². The Balaban J connectivity index is 1.55. The van der Waals surface area contributed by atoms with Crippen molar-refractivity contribution in [3.8, 4) is 0 Å². The molecule has 0 saturated carbocycles. The predicted molar refractivity (Wildman–Crippen MR) is 118 cm³/mol.